The first kappa shape index (κ1) is 13.5. The minimum atomic E-state index is -0.434. The fourth-order valence-corrected chi connectivity index (χ4v) is 3.67. The molecular formula is C17H23NO2. The molecule has 2 aliphatic carbocycles. The highest BCUT2D eigenvalue weighted by Crippen LogP contribution is 2.44. The molecule has 0 aromatic heterocycles. The maximum atomic E-state index is 12.2. The van der Waals surface area contributed by atoms with E-state index < -0.39 is 6.10 Å². The van der Waals surface area contributed by atoms with Gasteiger partial charge in [-0.3, -0.25) is 4.79 Å². The summed E-state index contributed by atoms with van der Waals surface area (Å²) in [4.78, 5) is 12.2. The summed E-state index contributed by atoms with van der Waals surface area (Å²) >= 11 is 0. The highest BCUT2D eigenvalue weighted by Gasteiger charge is 2.40. The van der Waals surface area contributed by atoms with Crippen molar-refractivity contribution in [1.29, 1.82) is 0 Å². The topological polar surface area (TPSA) is 38.3 Å². The van der Waals surface area contributed by atoms with Crippen LogP contribution in [0.15, 0.2) is 24.3 Å². The van der Waals surface area contributed by atoms with Crippen LogP contribution in [-0.4, -0.2) is 18.1 Å². The second-order valence-electron chi connectivity index (χ2n) is 6.37. The first-order valence-corrected chi connectivity index (χ1v) is 7.65. The van der Waals surface area contributed by atoms with Crippen LogP contribution < -0.4 is 10.1 Å². The number of ether oxygens (including phenoxy) is 1. The summed E-state index contributed by atoms with van der Waals surface area (Å²) in [5.41, 5.74) is 1.14. The van der Waals surface area contributed by atoms with Crippen LogP contribution in [0.4, 0.5) is 0 Å². The zero-order chi connectivity index (χ0) is 14.1. The summed E-state index contributed by atoms with van der Waals surface area (Å²) in [5.74, 6) is 2.33. The molecule has 0 aliphatic heterocycles. The monoisotopic (exact) mass is 273 g/mol. The van der Waals surface area contributed by atoms with E-state index in [2.05, 4.69) is 5.32 Å². The van der Waals surface area contributed by atoms with Crippen LogP contribution in [0, 0.1) is 18.8 Å². The molecule has 4 atom stereocenters. The van der Waals surface area contributed by atoms with Crippen LogP contribution in [0.1, 0.15) is 38.2 Å². The number of hydrogen-bond acceptors (Lipinski definition) is 2. The van der Waals surface area contributed by atoms with Crippen LogP contribution in [0.5, 0.6) is 5.75 Å². The number of nitrogens with one attached hydrogen (secondary N) is 1. The van der Waals surface area contributed by atoms with Gasteiger partial charge >= 0.3 is 0 Å². The molecule has 2 bridgehead atoms. The quantitative estimate of drug-likeness (QED) is 0.915. The Morgan fingerprint density at radius 2 is 2.20 bits per heavy atom. The predicted molar refractivity (Wildman–Crippen MR) is 78.6 cm³/mol. The van der Waals surface area contributed by atoms with E-state index in [0.717, 1.165) is 23.7 Å². The van der Waals surface area contributed by atoms with Gasteiger partial charge in [0.1, 0.15) is 5.75 Å². The number of amides is 1. The van der Waals surface area contributed by atoms with Gasteiger partial charge in [0, 0.05) is 6.04 Å². The zero-order valence-corrected chi connectivity index (χ0v) is 12.3. The van der Waals surface area contributed by atoms with Crippen molar-refractivity contribution >= 4 is 5.91 Å². The van der Waals surface area contributed by atoms with E-state index in [4.69, 9.17) is 4.74 Å². The van der Waals surface area contributed by atoms with Gasteiger partial charge in [-0.1, -0.05) is 18.6 Å². The summed E-state index contributed by atoms with van der Waals surface area (Å²) in [5, 5.41) is 3.18. The summed E-state index contributed by atoms with van der Waals surface area (Å²) in [6.45, 7) is 3.84. The molecule has 3 rings (SSSR count). The Kier molecular flexibility index (Phi) is 3.68. The van der Waals surface area contributed by atoms with Gasteiger partial charge in [0.25, 0.3) is 5.91 Å². The molecule has 1 aromatic rings. The van der Waals surface area contributed by atoms with Crippen molar-refractivity contribution in [3.63, 3.8) is 0 Å². The highest BCUT2D eigenvalue weighted by molar-refractivity contribution is 5.81. The van der Waals surface area contributed by atoms with E-state index in [1.165, 1.54) is 19.3 Å². The Labute approximate surface area is 120 Å². The average molecular weight is 273 g/mol. The lowest BCUT2D eigenvalue weighted by molar-refractivity contribution is -0.128. The van der Waals surface area contributed by atoms with Crippen LogP contribution in [0.3, 0.4) is 0 Å². The maximum Gasteiger partial charge on any atom is 0.261 e. The largest absolute Gasteiger partial charge is 0.481 e. The van der Waals surface area contributed by atoms with Gasteiger partial charge in [0.2, 0.25) is 0 Å². The molecule has 1 aromatic carbocycles. The van der Waals surface area contributed by atoms with E-state index in [1.807, 2.05) is 38.1 Å². The fourth-order valence-electron chi connectivity index (χ4n) is 3.67. The third-order valence-electron chi connectivity index (χ3n) is 4.74. The van der Waals surface area contributed by atoms with Gasteiger partial charge in [0.05, 0.1) is 0 Å². The molecule has 0 saturated heterocycles. The Bertz CT molecular complexity index is 500. The fraction of sp³-hybridized carbons (Fsp3) is 0.588. The van der Waals surface area contributed by atoms with Crippen molar-refractivity contribution in [2.24, 2.45) is 11.8 Å². The van der Waals surface area contributed by atoms with E-state index in [9.17, 15) is 4.79 Å². The molecule has 4 unspecified atom stereocenters. The number of benzene rings is 1. The minimum Gasteiger partial charge on any atom is -0.481 e. The van der Waals surface area contributed by atoms with Crippen LogP contribution in [0.25, 0.3) is 0 Å². The standard InChI is InChI=1S/C17H23NO2/c1-11-4-3-5-15(8-11)20-12(2)17(19)18-16-10-13-6-7-14(16)9-13/h3-5,8,12-14,16H,6-7,9-10H2,1-2H3,(H,18,19). The second kappa shape index (κ2) is 5.47. The molecule has 1 N–H and O–H groups in total. The first-order chi connectivity index (χ1) is 9.61. The normalized spacial score (nSPS) is 29.2. The summed E-state index contributed by atoms with van der Waals surface area (Å²) < 4.78 is 5.74. The van der Waals surface area contributed by atoms with Gasteiger partial charge in [-0.2, -0.15) is 0 Å². The number of hydrogen-bond donors (Lipinski definition) is 1. The molecule has 2 aliphatic rings. The lowest BCUT2D eigenvalue weighted by atomic mass is 9.95. The smallest absolute Gasteiger partial charge is 0.261 e. The summed E-state index contributed by atoms with van der Waals surface area (Å²) in [7, 11) is 0. The van der Waals surface area contributed by atoms with Gasteiger partial charge in [-0.05, 0) is 62.6 Å². The Hall–Kier alpha value is -1.51. The van der Waals surface area contributed by atoms with Crippen LogP contribution >= 0.6 is 0 Å². The van der Waals surface area contributed by atoms with E-state index in [0.29, 0.717) is 12.0 Å². The number of aryl methyl sites for hydroxylation is 1. The van der Waals surface area contributed by atoms with Gasteiger partial charge in [-0.25, -0.2) is 0 Å². The zero-order valence-electron chi connectivity index (χ0n) is 12.3. The van der Waals surface area contributed by atoms with Gasteiger partial charge in [-0.15, -0.1) is 0 Å². The van der Waals surface area contributed by atoms with Crippen molar-refractivity contribution < 1.29 is 9.53 Å². The molecule has 3 heteroatoms. The third-order valence-corrected chi connectivity index (χ3v) is 4.74. The highest BCUT2D eigenvalue weighted by atomic mass is 16.5. The molecule has 20 heavy (non-hydrogen) atoms. The molecular weight excluding hydrogens is 250 g/mol. The number of carbonyl (C=O) groups is 1. The molecule has 0 spiro atoms. The van der Waals surface area contributed by atoms with Gasteiger partial charge < -0.3 is 10.1 Å². The van der Waals surface area contributed by atoms with Crippen molar-refractivity contribution in [1.82, 2.24) is 5.32 Å². The molecule has 1 amide bonds. The van der Waals surface area contributed by atoms with E-state index in [-0.39, 0.29) is 5.91 Å². The van der Waals surface area contributed by atoms with Gasteiger partial charge in [0.15, 0.2) is 6.10 Å². The summed E-state index contributed by atoms with van der Waals surface area (Å²) in [6, 6.07) is 8.21. The van der Waals surface area contributed by atoms with Crippen molar-refractivity contribution in [2.75, 3.05) is 0 Å². The Morgan fingerprint density at radius 1 is 1.35 bits per heavy atom. The molecule has 108 valence electrons. The average Bonchev–Trinajstić information content (AvgIpc) is 3.01. The first-order valence-electron chi connectivity index (χ1n) is 7.65. The molecule has 0 radical (unpaired) electrons. The predicted octanol–water partition coefficient (Wildman–Crippen LogP) is 3.07. The Balaban J connectivity index is 1.54. The van der Waals surface area contributed by atoms with E-state index in [1.54, 1.807) is 0 Å². The van der Waals surface area contributed by atoms with Crippen molar-refractivity contribution in [3.8, 4) is 5.75 Å². The molecule has 0 heterocycles. The maximum absolute atomic E-state index is 12.2. The SMILES string of the molecule is Cc1cccc(OC(C)C(=O)NC2CC3CCC2C3)c1. The number of carbonyl (C=O) groups excluding carboxylic acids is 1. The number of fused-ring (bicyclic) bond motifs is 2. The Morgan fingerprint density at radius 3 is 2.85 bits per heavy atom. The third kappa shape index (κ3) is 2.82. The molecule has 2 fully saturated rings. The van der Waals surface area contributed by atoms with Crippen molar-refractivity contribution in [2.45, 2.75) is 51.7 Å². The second-order valence-corrected chi connectivity index (χ2v) is 6.37. The van der Waals surface area contributed by atoms with E-state index >= 15 is 0 Å². The lowest BCUT2D eigenvalue weighted by Gasteiger charge is -2.24. The number of rotatable bonds is 4. The molecule has 3 nitrogen and oxygen atoms in total. The lowest BCUT2D eigenvalue weighted by Crippen LogP contribution is -2.44. The van der Waals surface area contributed by atoms with Crippen molar-refractivity contribution in [3.05, 3.63) is 29.8 Å². The summed E-state index contributed by atoms with van der Waals surface area (Å²) in [6.07, 6.45) is 4.66. The van der Waals surface area contributed by atoms with Crippen LogP contribution in [-0.2, 0) is 4.79 Å². The van der Waals surface area contributed by atoms with Crippen LogP contribution in [0.2, 0.25) is 0 Å². The minimum absolute atomic E-state index is 0.0176. The molecule has 2 saturated carbocycles.